The summed E-state index contributed by atoms with van der Waals surface area (Å²) in [6, 6.07) is 4.58. The molecule has 1 aliphatic rings. The molecule has 3 rings (SSSR count). The van der Waals surface area contributed by atoms with Gasteiger partial charge in [0.25, 0.3) is 0 Å². The van der Waals surface area contributed by atoms with Crippen LogP contribution in [0, 0.1) is 0 Å². The predicted molar refractivity (Wildman–Crippen MR) is 89.5 cm³/mol. The number of aromatic nitrogens is 2. The van der Waals surface area contributed by atoms with E-state index < -0.39 is 0 Å². The number of benzene rings is 1. The molecular formula is C15H20Cl2N4. The topological polar surface area (TPSA) is 44.0 Å². The summed E-state index contributed by atoms with van der Waals surface area (Å²) in [5.74, 6) is 0.794. The molecule has 21 heavy (non-hydrogen) atoms. The van der Waals surface area contributed by atoms with E-state index >= 15 is 0 Å². The molecule has 0 bridgehead atoms. The molecule has 2 N–H and O–H groups in total. The van der Waals surface area contributed by atoms with E-state index in [2.05, 4.69) is 34.3 Å². The third-order valence-electron chi connectivity index (χ3n) is 4.24. The van der Waals surface area contributed by atoms with Crippen molar-refractivity contribution in [1.82, 2.24) is 14.9 Å². The molecule has 0 saturated heterocycles. The molecule has 4 nitrogen and oxygen atoms in total. The number of hydrogen-bond acceptors (Lipinski definition) is 3. The van der Waals surface area contributed by atoms with E-state index in [4.69, 9.17) is 23.2 Å². The van der Waals surface area contributed by atoms with Crippen molar-refractivity contribution in [3.05, 3.63) is 22.2 Å². The first kappa shape index (κ1) is 14.9. The summed E-state index contributed by atoms with van der Waals surface area (Å²) < 4.78 is 0. The van der Waals surface area contributed by atoms with Crippen molar-refractivity contribution in [2.45, 2.75) is 37.8 Å². The van der Waals surface area contributed by atoms with Crippen LogP contribution in [-0.2, 0) is 0 Å². The number of aromatic amines is 1. The minimum absolute atomic E-state index is 0.417. The minimum Gasteiger partial charge on any atom is -0.351 e. The van der Waals surface area contributed by atoms with Crippen molar-refractivity contribution in [2.75, 3.05) is 19.4 Å². The van der Waals surface area contributed by atoms with Gasteiger partial charge in [0.2, 0.25) is 5.95 Å². The molecule has 1 saturated carbocycles. The van der Waals surface area contributed by atoms with E-state index in [1.54, 1.807) is 6.07 Å². The Morgan fingerprint density at radius 2 is 1.90 bits per heavy atom. The van der Waals surface area contributed by atoms with Crippen LogP contribution in [0.3, 0.4) is 0 Å². The van der Waals surface area contributed by atoms with Gasteiger partial charge in [0.1, 0.15) is 0 Å². The first-order valence-corrected chi connectivity index (χ1v) is 8.08. The van der Waals surface area contributed by atoms with E-state index in [1.165, 1.54) is 25.7 Å². The van der Waals surface area contributed by atoms with Gasteiger partial charge in [-0.3, -0.25) is 0 Å². The summed E-state index contributed by atoms with van der Waals surface area (Å²) in [5, 5.41) is 4.62. The Bertz CT molecular complexity index is 599. The fourth-order valence-corrected chi connectivity index (χ4v) is 3.47. The summed E-state index contributed by atoms with van der Waals surface area (Å²) in [4.78, 5) is 10.2. The third kappa shape index (κ3) is 3.12. The number of anilines is 1. The second kappa shape index (κ2) is 6.03. The maximum absolute atomic E-state index is 6.05. The van der Waals surface area contributed by atoms with Crippen molar-refractivity contribution < 1.29 is 0 Å². The Morgan fingerprint density at radius 1 is 1.19 bits per heavy atom. The van der Waals surface area contributed by atoms with Gasteiger partial charge in [-0.15, -0.1) is 0 Å². The van der Waals surface area contributed by atoms with Gasteiger partial charge >= 0.3 is 0 Å². The second-order valence-electron chi connectivity index (χ2n) is 5.94. The summed E-state index contributed by atoms with van der Waals surface area (Å²) in [6.45, 7) is 0. The monoisotopic (exact) mass is 326 g/mol. The van der Waals surface area contributed by atoms with Crippen molar-refractivity contribution >= 4 is 40.2 Å². The van der Waals surface area contributed by atoms with Crippen molar-refractivity contribution in [1.29, 1.82) is 0 Å². The summed E-state index contributed by atoms with van der Waals surface area (Å²) in [5.41, 5.74) is 1.74. The molecule has 2 aromatic rings. The van der Waals surface area contributed by atoms with E-state index in [1.807, 2.05) is 6.07 Å². The SMILES string of the molecule is CN(C)[C@@H]1CCCC[C@H]1Nc1nc2cc(Cl)c(Cl)cc2[nH]1. The van der Waals surface area contributed by atoms with Gasteiger partial charge in [-0.1, -0.05) is 36.0 Å². The van der Waals surface area contributed by atoms with Gasteiger partial charge in [-0.2, -0.15) is 0 Å². The summed E-state index contributed by atoms with van der Waals surface area (Å²) >= 11 is 12.1. The number of fused-ring (bicyclic) bond motifs is 1. The minimum atomic E-state index is 0.417. The lowest BCUT2D eigenvalue weighted by Gasteiger charge is -2.36. The first-order valence-electron chi connectivity index (χ1n) is 7.32. The highest BCUT2D eigenvalue weighted by molar-refractivity contribution is 6.42. The van der Waals surface area contributed by atoms with Crippen LogP contribution in [0.1, 0.15) is 25.7 Å². The molecule has 0 spiro atoms. The molecule has 1 aromatic carbocycles. The van der Waals surface area contributed by atoms with Crippen LogP contribution < -0.4 is 5.32 Å². The highest BCUT2D eigenvalue weighted by Gasteiger charge is 2.27. The van der Waals surface area contributed by atoms with Crippen molar-refractivity contribution in [2.24, 2.45) is 0 Å². The molecule has 1 fully saturated rings. The van der Waals surface area contributed by atoms with Crippen LogP contribution >= 0.6 is 23.2 Å². The van der Waals surface area contributed by atoms with E-state index in [9.17, 15) is 0 Å². The summed E-state index contributed by atoms with van der Waals surface area (Å²) in [6.07, 6.45) is 4.95. The lowest BCUT2D eigenvalue weighted by molar-refractivity contribution is 0.211. The maximum Gasteiger partial charge on any atom is 0.201 e. The quantitative estimate of drug-likeness (QED) is 0.890. The number of halogens is 2. The zero-order chi connectivity index (χ0) is 15.0. The van der Waals surface area contributed by atoms with E-state index in [0.29, 0.717) is 22.1 Å². The molecule has 6 heteroatoms. The number of rotatable bonds is 3. The number of nitrogens with one attached hydrogen (secondary N) is 2. The summed E-state index contributed by atoms with van der Waals surface area (Å²) in [7, 11) is 4.28. The molecular weight excluding hydrogens is 307 g/mol. The number of hydrogen-bond donors (Lipinski definition) is 2. The Hall–Kier alpha value is -0.970. The van der Waals surface area contributed by atoms with Gasteiger partial charge in [-0.25, -0.2) is 4.98 Å². The van der Waals surface area contributed by atoms with E-state index in [-0.39, 0.29) is 0 Å². The number of H-pyrrole nitrogens is 1. The molecule has 1 heterocycles. The van der Waals surface area contributed by atoms with Gasteiger partial charge < -0.3 is 15.2 Å². The molecule has 0 aliphatic heterocycles. The van der Waals surface area contributed by atoms with Gasteiger partial charge in [-0.05, 0) is 39.1 Å². The Kier molecular flexibility index (Phi) is 4.29. The fourth-order valence-electron chi connectivity index (χ4n) is 3.15. The van der Waals surface area contributed by atoms with Crippen LogP contribution in [0.4, 0.5) is 5.95 Å². The average Bonchev–Trinajstić information content (AvgIpc) is 2.81. The Labute approximate surface area is 134 Å². The molecule has 0 amide bonds. The smallest absolute Gasteiger partial charge is 0.201 e. The standard InChI is InChI=1S/C15H20Cl2N4/c1-21(2)14-6-4-3-5-11(14)18-15-19-12-7-9(16)10(17)8-13(12)20-15/h7-8,11,14H,3-6H2,1-2H3,(H2,18,19,20)/t11-,14-/m1/s1. The van der Waals surface area contributed by atoms with Crippen LogP contribution in [0.25, 0.3) is 11.0 Å². The maximum atomic E-state index is 6.05. The lowest BCUT2D eigenvalue weighted by atomic mass is 9.90. The van der Waals surface area contributed by atoms with Crippen LogP contribution in [0.15, 0.2) is 12.1 Å². The Balaban J connectivity index is 1.83. The number of nitrogens with zero attached hydrogens (tertiary/aromatic N) is 2. The van der Waals surface area contributed by atoms with Gasteiger partial charge in [0.15, 0.2) is 0 Å². The molecule has 1 aliphatic carbocycles. The van der Waals surface area contributed by atoms with Crippen LogP contribution in [0.2, 0.25) is 10.0 Å². The lowest BCUT2D eigenvalue weighted by Crippen LogP contribution is -2.45. The highest BCUT2D eigenvalue weighted by atomic mass is 35.5. The van der Waals surface area contributed by atoms with Crippen LogP contribution in [0.5, 0.6) is 0 Å². The Morgan fingerprint density at radius 3 is 2.67 bits per heavy atom. The normalized spacial score (nSPS) is 22.9. The molecule has 0 radical (unpaired) electrons. The first-order chi connectivity index (χ1) is 10.0. The van der Waals surface area contributed by atoms with Crippen LogP contribution in [-0.4, -0.2) is 41.0 Å². The number of imidazole rings is 1. The molecule has 2 atom stereocenters. The highest BCUT2D eigenvalue weighted by Crippen LogP contribution is 2.29. The molecule has 114 valence electrons. The second-order valence-corrected chi connectivity index (χ2v) is 6.75. The number of likely N-dealkylation sites (N-methyl/N-ethyl adjacent to an activating group) is 1. The van der Waals surface area contributed by atoms with Crippen molar-refractivity contribution in [3.63, 3.8) is 0 Å². The third-order valence-corrected chi connectivity index (χ3v) is 4.96. The molecule has 0 unspecified atom stereocenters. The predicted octanol–water partition coefficient (Wildman–Crippen LogP) is 4.15. The zero-order valence-electron chi connectivity index (χ0n) is 12.3. The van der Waals surface area contributed by atoms with E-state index in [0.717, 1.165) is 17.0 Å². The zero-order valence-corrected chi connectivity index (χ0v) is 13.8. The van der Waals surface area contributed by atoms with Crippen molar-refractivity contribution in [3.8, 4) is 0 Å². The fraction of sp³-hybridized carbons (Fsp3) is 0.533. The molecule has 1 aromatic heterocycles. The van der Waals surface area contributed by atoms with Gasteiger partial charge in [0, 0.05) is 12.1 Å². The van der Waals surface area contributed by atoms with Gasteiger partial charge in [0.05, 0.1) is 21.1 Å². The average molecular weight is 327 g/mol. The largest absolute Gasteiger partial charge is 0.351 e.